The van der Waals surface area contributed by atoms with Gasteiger partial charge in [-0.05, 0) is 31.9 Å². The van der Waals surface area contributed by atoms with Gasteiger partial charge in [-0.3, -0.25) is 4.79 Å². The van der Waals surface area contributed by atoms with Crippen LogP contribution in [0.5, 0.6) is 0 Å². The number of amides is 1. The number of anilines is 1. The fraction of sp³-hybridized carbons (Fsp3) is 0.286. The monoisotopic (exact) mass is 294 g/mol. The Bertz CT molecular complexity index is 660. The van der Waals surface area contributed by atoms with Crippen LogP contribution in [0, 0.1) is 18.6 Å². The maximum absolute atomic E-state index is 13.5. The second-order valence-electron chi connectivity index (χ2n) is 4.79. The highest BCUT2D eigenvalue weighted by atomic mass is 32.1. The molecule has 0 spiro atoms. The number of nitrogens with zero attached hydrogens (tertiary/aromatic N) is 1. The van der Waals surface area contributed by atoms with Crippen molar-refractivity contribution in [2.75, 3.05) is 5.32 Å². The van der Waals surface area contributed by atoms with E-state index in [9.17, 15) is 13.6 Å². The number of aryl methyl sites for hydroxylation is 1. The van der Waals surface area contributed by atoms with Crippen molar-refractivity contribution >= 4 is 22.9 Å². The van der Waals surface area contributed by atoms with Gasteiger partial charge in [-0.15, -0.1) is 11.3 Å². The van der Waals surface area contributed by atoms with Gasteiger partial charge in [0, 0.05) is 5.92 Å². The van der Waals surface area contributed by atoms with Crippen LogP contribution in [0.1, 0.15) is 39.1 Å². The predicted octanol–water partition coefficient (Wildman–Crippen LogP) is 3.86. The second kappa shape index (κ2) is 4.94. The highest BCUT2D eigenvalue weighted by Crippen LogP contribution is 2.42. The van der Waals surface area contributed by atoms with Gasteiger partial charge in [-0.2, -0.15) is 0 Å². The number of carbonyl (C=O) groups is 1. The van der Waals surface area contributed by atoms with Gasteiger partial charge in [0.1, 0.15) is 22.2 Å². The number of aromatic nitrogens is 1. The van der Waals surface area contributed by atoms with Crippen molar-refractivity contribution in [2.24, 2.45) is 0 Å². The van der Waals surface area contributed by atoms with E-state index in [0.717, 1.165) is 30.0 Å². The fourth-order valence-corrected chi connectivity index (χ4v) is 3.05. The average Bonchev–Trinajstić information content (AvgIpc) is 3.17. The van der Waals surface area contributed by atoms with Crippen molar-refractivity contribution in [3.63, 3.8) is 0 Å². The van der Waals surface area contributed by atoms with Crippen molar-refractivity contribution in [2.45, 2.75) is 25.7 Å². The molecule has 0 unspecified atom stereocenters. The third-order valence-corrected chi connectivity index (χ3v) is 4.47. The normalized spacial score (nSPS) is 14.3. The van der Waals surface area contributed by atoms with E-state index in [1.54, 1.807) is 6.92 Å². The van der Waals surface area contributed by atoms with E-state index in [-0.39, 0.29) is 0 Å². The number of thiazole rings is 1. The van der Waals surface area contributed by atoms with Gasteiger partial charge in [0.15, 0.2) is 0 Å². The molecule has 0 saturated heterocycles. The molecule has 2 aromatic rings. The third kappa shape index (κ3) is 2.43. The van der Waals surface area contributed by atoms with Crippen LogP contribution in [0.15, 0.2) is 18.2 Å². The second-order valence-corrected chi connectivity index (χ2v) is 5.82. The summed E-state index contributed by atoms with van der Waals surface area (Å²) in [5.74, 6) is -1.65. The molecular formula is C14H12F2N2OS. The highest BCUT2D eigenvalue weighted by Gasteiger charge is 2.29. The molecule has 1 saturated carbocycles. The van der Waals surface area contributed by atoms with Gasteiger partial charge in [-0.25, -0.2) is 13.8 Å². The Hall–Kier alpha value is -1.82. The maximum Gasteiger partial charge on any atom is 0.267 e. The van der Waals surface area contributed by atoms with Crippen molar-refractivity contribution < 1.29 is 13.6 Å². The molecule has 1 amide bonds. The zero-order valence-electron chi connectivity index (χ0n) is 10.7. The molecule has 0 atom stereocenters. The van der Waals surface area contributed by atoms with E-state index in [1.807, 2.05) is 0 Å². The number of rotatable bonds is 3. The van der Waals surface area contributed by atoms with Gasteiger partial charge in [-0.1, -0.05) is 6.07 Å². The van der Waals surface area contributed by atoms with Crippen molar-refractivity contribution in [1.82, 2.24) is 4.98 Å². The molecule has 1 N–H and O–H groups in total. The molecule has 0 radical (unpaired) electrons. The Kier molecular flexibility index (Phi) is 3.25. The largest absolute Gasteiger partial charge is 0.316 e. The number of para-hydroxylation sites is 1. The molecule has 0 bridgehead atoms. The number of hydrogen-bond acceptors (Lipinski definition) is 3. The molecule has 1 aromatic carbocycles. The van der Waals surface area contributed by atoms with Gasteiger partial charge in [0.05, 0.1) is 10.7 Å². The Morgan fingerprint density at radius 1 is 1.35 bits per heavy atom. The summed E-state index contributed by atoms with van der Waals surface area (Å²) in [7, 11) is 0. The lowest BCUT2D eigenvalue weighted by Crippen LogP contribution is -2.14. The van der Waals surface area contributed by atoms with Crippen LogP contribution in [0.3, 0.4) is 0 Å². The molecule has 20 heavy (non-hydrogen) atoms. The molecule has 104 valence electrons. The molecule has 3 rings (SSSR count). The molecule has 0 aliphatic heterocycles. The van der Waals surface area contributed by atoms with E-state index in [4.69, 9.17) is 0 Å². The predicted molar refractivity (Wildman–Crippen MR) is 73.1 cm³/mol. The van der Waals surface area contributed by atoms with Crippen LogP contribution < -0.4 is 5.32 Å². The maximum atomic E-state index is 13.5. The van der Waals surface area contributed by atoms with Crippen LogP contribution in [-0.4, -0.2) is 10.9 Å². The molecular weight excluding hydrogens is 282 g/mol. The summed E-state index contributed by atoms with van der Waals surface area (Å²) in [5, 5.41) is 3.22. The fourth-order valence-electron chi connectivity index (χ4n) is 1.92. The Balaban J connectivity index is 1.86. The minimum absolute atomic E-state index is 0.412. The summed E-state index contributed by atoms with van der Waals surface area (Å²) in [6, 6.07) is 3.46. The number of halogens is 2. The lowest BCUT2D eigenvalue weighted by atomic mass is 10.2. The van der Waals surface area contributed by atoms with Crippen LogP contribution in [0.25, 0.3) is 0 Å². The first-order chi connectivity index (χ1) is 9.56. The average molecular weight is 294 g/mol. The van der Waals surface area contributed by atoms with Crippen LogP contribution in [0.4, 0.5) is 14.5 Å². The summed E-state index contributed by atoms with van der Waals surface area (Å²) in [6.45, 7) is 1.73. The van der Waals surface area contributed by atoms with Gasteiger partial charge in [0.2, 0.25) is 0 Å². The Labute approximate surface area is 118 Å². The zero-order valence-corrected chi connectivity index (χ0v) is 11.6. The molecule has 1 fully saturated rings. The Morgan fingerprint density at radius 3 is 2.60 bits per heavy atom. The molecule has 1 aromatic heterocycles. The van der Waals surface area contributed by atoms with Gasteiger partial charge in [0.25, 0.3) is 5.91 Å². The lowest BCUT2D eigenvalue weighted by molar-refractivity contribution is 0.102. The van der Waals surface area contributed by atoms with Crippen molar-refractivity contribution in [3.05, 3.63) is 45.4 Å². The van der Waals surface area contributed by atoms with E-state index in [2.05, 4.69) is 10.3 Å². The smallest absolute Gasteiger partial charge is 0.267 e. The summed E-state index contributed by atoms with van der Waals surface area (Å²) >= 11 is 1.30. The molecule has 3 nitrogen and oxygen atoms in total. The van der Waals surface area contributed by atoms with Crippen molar-refractivity contribution in [1.29, 1.82) is 0 Å². The standard InChI is InChI=1S/C14H12F2N2OS/c1-7-12(20-14(17-7)8-5-6-8)13(19)18-11-9(15)3-2-4-10(11)16/h2-4,8H,5-6H2,1H3,(H,18,19). The molecule has 6 heteroatoms. The van der Waals surface area contributed by atoms with Crippen LogP contribution in [-0.2, 0) is 0 Å². The first-order valence-corrected chi connectivity index (χ1v) is 7.10. The highest BCUT2D eigenvalue weighted by molar-refractivity contribution is 7.14. The molecule has 1 aliphatic rings. The van der Waals surface area contributed by atoms with E-state index >= 15 is 0 Å². The summed E-state index contributed by atoms with van der Waals surface area (Å²) in [4.78, 5) is 16.9. The van der Waals surface area contributed by atoms with Crippen LogP contribution >= 0.6 is 11.3 Å². The van der Waals surface area contributed by atoms with Gasteiger partial charge < -0.3 is 5.32 Å². The number of hydrogen-bond donors (Lipinski definition) is 1. The van der Waals surface area contributed by atoms with Gasteiger partial charge >= 0.3 is 0 Å². The summed E-state index contributed by atoms with van der Waals surface area (Å²) in [5.41, 5.74) is 0.185. The van der Waals surface area contributed by atoms with E-state index in [1.165, 1.54) is 17.4 Å². The zero-order chi connectivity index (χ0) is 14.3. The van der Waals surface area contributed by atoms with E-state index < -0.39 is 23.2 Å². The van der Waals surface area contributed by atoms with E-state index in [0.29, 0.717) is 16.5 Å². The quantitative estimate of drug-likeness (QED) is 0.934. The third-order valence-electron chi connectivity index (χ3n) is 3.15. The topological polar surface area (TPSA) is 42.0 Å². The van der Waals surface area contributed by atoms with Crippen LogP contribution in [0.2, 0.25) is 0 Å². The lowest BCUT2D eigenvalue weighted by Gasteiger charge is -2.06. The van der Waals surface area contributed by atoms with Crippen molar-refractivity contribution in [3.8, 4) is 0 Å². The molecule has 1 heterocycles. The minimum atomic E-state index is -0.789. The summed E-state index contributed by atoms with van der Waals surface area (Å²) in [6.07, 6.45) is 2.19. The first-order valence-electron chi connectivity index (χ1n) is 6.29. The summed E-state index contributed by atoms with van der Waals surface area (Å²) < 4.78 is 27.0. The number of nitrogens with one attached hydrogen (secondary N) is 1. The Morgan fingerprint density at radius 2 is 2.00 bits per heavy atom. The number of benzene rings is 1. The minimum Gasteiger partial charge on any atom is -0.316 e. The molecule has 1 aliphatic carbocycles. The SMILES string of the molecule is Cc1nc(C2CC2)sc1C(=O)Nc1c(F)cccc1F. The first kappa shape index (κ1) is 13.2. The number of carbonyl (C=O) groups excluding carboxylic acids is 1.